The van der Waals surface area contributed by atoms with Gasteiger partial charge >= 0.3 is 0 Å². The van der Waals surface area contributed by atoms with Crippen molar-refractivity contribution in [3.05, 3.63) is 11.7 Å². The van der Waals surface area contributed by atoms with E-state index in [1.54, 1.807) is 0 Å². The smallest absolute Gasteiger partial charge is 0.229 e. The monoisotopic (exact) mass is 313 g/mol. The Balaban J connectivity index is 1.67. The van der Waals surface area contributed by atoms with Gasteiger partial charge in [0.05, 0.1) is 5.25 Å². The first-order chi connectivity index (χ1) is 9.63. The van der Waals surface area contributed by atoms with Gasteiger partial charge in [-0.3, -0.25) is 0 Å². The zero-order chi connectivity index (χ0) is 14.1. The summed E-state index contributed by atoms with van der Waals surface area (Å²) in [6, 6.07) is 0.546. The molecule has 0 aromatic carbocycles. The minimum atomic E-state index is 0.392. The fourth-order valence-corrected chi connectivity index (χ4v) is 5.65. The maximum absolute atomic E-state index is 5.56. The van der Waals surface area contributed by atoms with E-state index < -0.39 is 0 Å². The summed E-state index contributed by atoms with van der Waals surface area (Å²) < 4.78 is 5.56. The summed E-state index contributed by atoms with van der Waals surface area (Å²) in [5.41, 5.74) is 0. The van der Waals surface area contributed by atoms with Gasteiger partial charge in [-0.05, 0) is 26.3 Å². The first-order valence-electron chi connectivity index (χ1n) is 7.47. The van der Waals surface area contributed by atoms with Crippen LogP contribution in [0.2, 0.25) is 0 Å². The Morgan fingerprint density at radius 2 is 2.10 bits per heavy atom. The molecule has 2 aliphatic rings. The third-order valence-corrected chi connectivity index (χ3v) is 7.66. The fraction of sp³-hybridized carbons (Fsp3) is 0.857. The molecule has 1 N–H and O–H groups in total. The van der Waals surface area contributed by atoms with Crippen molar-refractivity contribution < 1.29 is 4.52 Å². The highest BCUT2D eigenvalue weighted by Crippen LogP contribution is 2.43. The minimum Gasteiger partial charge on any atom is -0.339 e. The summed E-state index contributed by atoms with van der Waals surface area (Å²) in [7, 11) is 0. The summed E-state index contributed by atoms with van der Waals surface area (Å²) in [5, 5.41) is 9.48. The van der Waals surface area contributed by atoms with Gasteiger partial charge in [0, 0.05) is 28.2 Å². The van der Waals surface area contributed by atoms with Gasteiger partial charge in [-0.2, -0.15) is 16.7 Å². The molecule has 20 heavy (non-hydrogen) atoms. The van der Waals surface area contributed by atoms with Crippen LogP contribution in [-0.2, 0) is 0 Å². The number of nitrogens with one attached hydrogen (secondary N) is 1. The predicted molar refractivity (Wildman–Crippen MR) is 85.5 cm³/mol. The molecule has 0 amide bonds. The van der Waals surface area contributed by atoms with Gasteiger partial charge in [0.1, 0.15) is 0 Å². The van der Waals surface area contributed by atoms with Crippen LogP contribution in [0.3, 0.4) is 0 Å². The summed E-state index contributed by atoms with van der Waals surface area (Å²) in [6.45, 7) is 7.87. The van der Waals surface area contributed by atoms with Gasteiger partial charge in [0.15, 0.2) is 5.82 Å². The van der Waals surface area contributed by atoms with Gasteiger partial charge in [-0.15, -0.1) is 11.8 Å². The standard InChI is InChI=1S/C14H23N3OS2/c1-8-6-11(4-5-15-8)14-16-13(17-18-14)12-7-19-9(2)10(3)20-12/h8-12,15H,4-7H2,1-3H3. The van der Waals surface area contributed by atoms with Crippen LogP contribution < -0.4 is 5.32 Å². The molecule has 3 rings (SSSR count). The molecule has 5 atom stereocenters. The molecule has 4 nitrogen and oxygen atoms in total. The Bertz CT molecular complexity index is 453. The van der Waals surface area contributed by atoms with Crippen molar-refractivity contribution in [2.45, 2.75) is 61.3 Å². The molecule has 3 heterocycles. The van der Waals surface area contributed by atoms with E-state index in [0.29, 0.717) is 27.7 Å². The molecule has 0 bridgehead atoms. The van der Waals surface area contributed by atoms with Crippen molar-refractivity contribution in [2.24, 2.45) is 0 Å². The minimum absolute atomic E-state index is 0.392. The van der Waals surface area contributed by atoms with Crippen molar-refractivity contribution in [1.82, 2.24) is 15.5 Å². The Hall–Kier alpha value is -0.200. The summed E-state index contributed by atoms with van der Waals surface area (Å²) in [6.07, 6.45) is 2.20. The third-order valence-electron chi connectivity index (χ3n) is 4.27. The predicted octanol–water partition coefficient (Wildman–Crippen LogP) is 3.22. The fourth-order valence-electron chi connectivity index (χ4n) is 2.82. The van der Waals surface area contributed by atoms with Crippen molar-refractivity contribution in [1.29, 1.82) is 0 Å². The number of aromatic nitrogens is 2. The van der Waals surface area contributed by atoms with Gasteiger partial charge in [-0.1, -0.05) is 19.0 Å². The molecular formula is C14H23N3OS2. The van der Waals surface area contributed by atoms with Gasteiger partial charge in [0.25, 0.3) is 0 Å². The van der Waals surface area contributed by atoms with E-state index in [0.717, 1.165) is 36.9 Å². The second-order valence-electron chi connectivity index (χ2n) is 5.94. The molecular weight excluding hydrogens is 290 g/mol. The van der Waals surface area contributed by atoms with E-state index in [9.17, 15) is 0 Å². The summed E-state index contributed by atoms with van der Waals surface area (Å²) in [4.78, 5) is 4.71. The number of piperidine rings is 1. The normalized spacial score (nSPS) is 38.9. The van der Waals surface area contributed by atoms with Crippen molar-refractivity contribution in [2.75, 3.05) is 12.3 Å². The molecule has 1 aromatic heterocycles. The second kappa shape index (κ2) is 6.28. The maximum Gasteiger partial charge on any atom is 0.229 e. The average Bonchev–Trinajstić information content (AvgIpc) is 2.92. The van der Waals surface area contributed by atoms with Crippen molar-refractivity contribution >= 4 is 23.5 Å². The van der Waals surface area contributed by atoms with Crippen LogP contribution in [0.25, 0.3) is 0 Å². The van der Waals surface area contributed by atoms with Gasteiger partial charge < -0.3 is 9.84 Å². The zero-order valence-electron chi connectivity index (χ0n) is 12.3. The van der Waals surface area contributed by atoms with Crippen LogP contribution in [0.4, 0.5) is 0 Å². The summed E-state index contributed by atoms with van der Waals surface area (Å²) in [5.74, 6) is 3.29. The SMILES string of the molecule is CC1CC(c2nc(C3CSC(C)C(C)S3)no2)CCN1. The van der Waals surface area contributed by atoms with Crippen LogP contribution in [0.5, 0.6) is 0 Å². The van der Waals surface area contributed by atoms with E-state index in [4.69, 9.17) is 9.51 Å². The van der Waals surface area contributed by atoms with Crippen molar-refractivity contribution in [3.63, 3.8) is 0 Å². The Morgan fingerprint density at radius 1 is 1.25 bits per heavy atom. The highest BCUT2D eigenvalue weighted by atomic mass is 32.2. The maximum atomic E-state index is 5.56. The first kappa shape index (κ1) is 14.7. The molecule has 2 aliphatic heterocycles. The lowest BCUT2D eigenvalue weighted by Gasteiger charge is -2.29. The molecule has 0 saturated carbocycles. The van der Waals surface area contributed by atoms with E-state index in [1.807, 2.05) is 23.5 Å². The molecule has 0 radical (unpaired) electrons. The number of rotatable bonds is 2. The molecule has 6 heteroatoms. The Morgan fingerprint density at radius 3 is 2.85 bits per heavy atom. The largest absolute Gasteiger partial charge is 0.339 e. The second-order valence-corrected chi connectivity index (χ2v) is 8.93. The third kappa shape index (κ3) is 3.17. The van der Waals surface area contributed by atoms with Crippen LogP contribution in [0, 0.1) is 0 Å². The lowest BCUT2D eigenvalue weighted by Crippen LogP contribution is -2.35. The average molecular weight is 313 g/mol. The molecule has 5 unspecified atom stereocenters. The van der Waals surface area contributed by atoms with E-state index in [2.05, 4.69) is 31.2 Å². The van der Waals surface area contributed by atoms with Crippen molar-refractivity contribution in [3.8, 4) is 0 Å². The lowest BCUT2D eigenvalue weighted by molar-refractivity contribution is 0.294. The number of thioether (sulfide) groups is 2. The van der Waals surface area contributed by atoms with Crippen LogP contribution in [0.1, 0.15) is 56.5 Å². The van der Waals surface area contributed by atoms with Crippen LogP contribution in [0.15, 0.2) is 4.52 Å². The van der Waals surface area contributed by atoms with E-state index in [-0.39, 0.29) is 0 Å². The molecule has 0 aliphatic carbocycles. The summed E-state index contributed by atoms with van der Waals surface area (Å²) >= 11 is 4.01. The topological polar surface area (TPSA) is 51.0 Å². The molecule has 0 spiro atoms. The molecule has 112 valence electrons. The number of nitrogens with zero attached hydrogens (tertiary/aromatic N) is 2. The van der Waals surface area contributed by atoms with Gasteiger partial charge in [0.2, 0.25) is 5.89 Å². The van der Waals surface area contributed by atoms with E-state index in [1.165, 1.54) is 0 Å². The Kier molecular flexibility index (Phi) is 4.62. The lowest BCUT2D eigenvalue weighted by atomic mass is 9.93. The van der Waals surface area contributed by atoms with Crippen LogP contribution in [-0.4, -0.2) is 39.0 Å². The van der Waals surface area contributed by atoms with Crippen LogP contribution >= 0.6 is 23.5 Å². The Labute approximate surface area is 129 Å². The number of hydrogen-bond acceptors (Lipinski definition) is 6. The molecule has 2 saturated heterocycles. The van der Waals surface area contributed by atoms with E-state index >= 15 is 0 Å². The first-order valence-corrected chi connectivity index (χ1v) is 9.46. The quantitative estimate of drug-likeness (QED) is 0.905. The highest BCUT2D eigenvalue weighted by Gasteiger charge is 2.31. The molecule has 1 aromatic rings. The molecule has 2 fully saturated rings. The zero-order valence-corrected chi connectivity index (χ0v) is 14.0. The highest BCUT2D eigenvalue weighted by molar-refractivity contribution is 8.07. The number of hydrogen-bond donors (Lipinski definition) is 1. The van der Waals surface area contributed by atoms with Gasteiger partial charge in [-0.25, -0.2) is 0 Å².